The molecule has 3 N–H and O–H groups in total. The number of anilines is 1. The number of nitrogens with two attached hydrogens (primary N) is 1. The Hall–Kier alpha value is -3.08. The number of hydrogen-bond acceptors (Lipinski definition) is 6. The Morgan fingerprint density at radius 3 is 2.77 bits per heavy atom. The van der Waals surface area contributed by atoms with Crippen LogP contribution < -0.4 is 15.2 Å². The number of rotatable bonds is 7. The van der Waals surface area contributed by atoms with Gasteiger partial charge in [-0.05, 0) is 37.3 Å². The maximum atomic E-state index is 13.6. The standard InChI is InChI=1S/C20H18FN3O4S2/c1-13-23-17(12-29-13)11-28-19-5-3-2-4-14(19)6-7-20(25)24-16-8-15(21)9-18(10-16)30(22,26)27/h2-10,12H,11H2,1H3,(H,24,25)(H2,22,26,27). The van der Waals surface area contributed by atoms with Gasteiger partial charge in [0.25, 0.3) is 0 Å². The number of ether oxygens (including phenoxy) is 1. The van der Waals surface area contributed by atoms with E-state index in [0.29, 0.717) is 17.9 Å². The highest BCUT2D eigenvalue weighted by molar-refractivity contribution is 7.89. The molecule has 10 heteroatoms. The van der Waals surface area contributed by atoms with Gasteiger partial charge >= 0.3 is 0 Å². The van der Waals surface area contributed by atoms with Crippen LogP contribution in [0, 0.1) is 12.7 Å². The number of amides is 1. The summed E-state index contributed by atoms with van der Waals surface area (Å²) in [6, 6.07) is 9.99. The molecule has 3 rings (SSSR count). The second-order valence-electron chi connectivity index (χ2n) is 6.23. The first-order chi connectivity index (χ1) is 14.2. The summed E-state index contributed by atoms with van der Waals surface area (Å²) >= 11 is 1.53. The van der Waals surface area contributed by atoms with E-state index >= 15 is 0 Å². The summed E-state index contributed by atoms with van der Waals surface area (Å²) in [6.45, 7) is 2.20. The number of aromatic nitrogens is 1. The van der Waals surface area contributed by atoms with Crippen LogP contribution in [-0.4, -0.2) is 19.3 Å². The molecule has 1 amide bonds. The van der Waals surface area contributed by atoms with Gasteiger partial charge in [-0.3, -0.25) is 4.79 Å². The van der Waals surface area contributed by atoms with Crippen LogP contribution in [0.5, 0.6) is 5.75 Å². The van der Waals surface area contributed by atoms with Crippen LogP contribution in [0.4, 0.5) is 10.1 Å². The zero-order valence-electron chi connectivity index (χ0n) is 15.8. The number of carbonyl (C=O) groups is 1. The Morgan fingerprint density at radius 2 is 2.07 bits per heavy atom. The third-order valence-electron chi connectivity index (χ3n) is 3.84. The molecule has 2 aromatic carbocycles. The topological polar surface area (TPSA) is 111 Å². The molecule has 0 radical (unpaired) electrons. The molecule has 0 fully saturated rings. The SMILES string of the molecule is Cc1nc(COc2ccccc2C=CC(=O)Nc2cc(F)cc(S(N)(=O)=O)c2)cs1. The summed E-state index contributed by atoms with van der Waals surface area (Å²) in [5.74, 6) is -0.850. The van der Waals surface area contributed by atoms with Crippen molar-refractivity contribution in [2.45, 2.75) is 18.4 Å². The van der Waals surface area contributed by atoms with Crippen molar-refractivity contribution in [2.75, 3.05) is 5.32 Å². The molecule has 0 unspecified atom stereocenters. The van der Waals surface area contributed by atoms with E-state index in [2.05, 4.69) is 10.3 Å². The molecule has 0 saturated heterocycles. The Balaban J connectivity index is 1.70. The molecule has 0 aliphatic rings. The molecule has 30 heavy (non-hydrogen) atoms. The number of primary sulfonamides is 1. The molecule has 0 bridgehead atoms. The van der Waals surface area contributed by atoms with Crippen molar-refractivity contribution in [1.82, 2.24) is 4.98 Å². The van der Waals surface area contributed by atoms with E-state index in [1.54, 1.807) is 24.3 Å². The Labute approximate surface area is 177 Å². The molecular weight excluding hydrogens is 429 g/mol. The summed E-state index contributed by atoms with van der Waals surface area (Å²) in [6.07, 6.45) is 2.77. The van der Waals surface area contributed by atoms with Crippen LogP contribution in [0.3, 0.4) is 0 Å². The number of carbonyl (C=O) groups excluding carboxylic acids is 1. The fourth-order valence-electron chi connectivity index (χ4n) is 2.52. The lowest BCUT2D eigenvalue weighted by molar-refractivity contribution is -0.111. The fraction of sp³-hybridized carbons (Fsp3) is 0.100. The molecular formula is C20H18FN3O4S2. The molecule has 0 saturated carbocycles. The molecule has 7 nitrogen and oxygen atoms in total. The molecule has 0 atom stereocenters. The molecule has 0 aliphatic carbocycles. The first-order valence-corrected chi connectivity index (χ1v) is 11.1. The highest BCUT2D eigenvalue weighted by Crippen LogP contribution is 2.22. The lowest BCUT2D eigenvalue weighted by Crippen LogP contribution is -2.14. The molecule has 0 aliphatic heterocycles. The maximum absolute atomic E-state index is 13.6. The third-order valence-corrected chi connectivity index (χ3v) is 5.56. The summed E-state index contributed by atoms with van der Waals surface area (Å²) in [5.41, 5.74) is 1.44. The van der Waals surface area contributed by atoms with Gasteiger partial charge in [0.15, 0.2) is 0 Å². The van der Waals surface area contributed by atoms with Crippen LogP contribution >= 0.6 is 11.3 Å². The van der Waals surface area contributed by atoms with Crippen LogP contribution in [0.25, 0.3) is 6.08 Å². The zero-order chi connectivity index (χ0) is 21.7. The van der Waals surface area contributed by atoms with Crippen molar-refractivity contribution in [3.05, 3.63) is 76.0 Å². The van der Waals surface area contributed by atoms with E-state index in [4.69, 9.17) is 9.88 Å². The predicted octanol–water partition coefficient (Wildman–Crippen LogP) is 3.47. The van der Waals surface area contributed by atoms with Gasteiger partial charge in [0.1, 0.15) is 18.2 Å². The van der Waals surface area contributed by atoms with Crippen LogP contribution in [0.15, 0.2) is 58.8 Å². The van der Waals surface area contributed by atoms with E-state index in [9.17, 15) is 17.6 Å². The fourth-order valence-corrected chi connectivity index (χ4v) is 3.69. The van der Waals surface area contributed by atoms with Gasteiger partial charge in [0.05, 0.1) is 15.6 Å². The highest BCUT2D eigenvalue weighted by atomic mass is 32.2. The van der Waals surface area contributed by atoms with E-state index in [-0.39, 0.29) is 5.69 Å². The Bertz CT molecular complexity index is 1210. The number of nitrogens with one attached hydrogen (secondary N) is 1. The van der Waals surface area contributed by atoms with Crippen LogP contribution in [-0.2, 0) is 21.4 Å². The summed E-state index contributed by atoms with van der Waals surface area (Å²) in [4.78, 5) is 16.1. The quantitative estimate of drug-likeness (QED) is 0.539. The molecule has 0 spiro atoms. The number of thiazole rings is 1. The van der Waals surface area contributed by atoms with Crippen molar-refractivity contribution >= 4 is 39.0 Å². The number of hydrogen-bond donors (Lipinski definition) is 2. The molecule has 3 aromatic rings. The number of sulfonamides is 1. The predicted molar refractivity (Wildman–Crippen MR) is 113 cm³/mol. The second-order valence-corrected chi connectivity index (χ2v) is 8.85. The number of benzene rings is 2. The largest absolute Gasteiger partial charge is 0.487 e. The zero-order valence-corrected chi connectivity index (χ0v) is 17.5. The van der Waals surface area contributed by atoms with E-state index in [1.165, 1.54) is 23.5 Å². The van der Waals surface area contributed by atoms with Crippen LogP contribution in [0.1, 0.15) is 16.3 Å². The summed E-state index contributed by atoms with van der Waals surface area (Å²) in [7, 11) is -4.10. The Morgan fingerprint density at radius 1 is 1.30 bits per heavy atom. The van der Waals surface area contributed by atoms with Gasteiger partial charge in [-0.15, -0.1) is 11.3 Å². The van der Waals surface area contributed by atoms with Gasteiger partial charge in [-0.2, -0.15) is 0 Å². The van der Waals surface area contributed by atoms with E-state index in [0.717, 1.165) is 28.9 Å². The lowest BCUT2D eigenvalue weighted by atomic mass is 10.2. The summed E-state index contributed by atoms with van der Waals surface area (Å²) in [5, 5.41) is 10.3. The summed E-state index contributed by atoms with van der Waals surface area (Å²) < 4.78 is 42.2. The van der Waals surface area contributed by atoms with Gasteiger partial charge in [-0.25, -0.2) is 22.9 Å². The van der Waals surface area contributed by atoms with Gasteiger partial charge in [0, 0.05) is 22.7 Å². The van der Waals surface area contributed by atoms with Gasteiger partial charge in [0.2, 0.25) is 15.9 Å². The monoisotopic (exact) mass is 447 g/mol. The normalized spacial score (nSPS) is 11.6. The first kappa shape index (κ1) is 21.6. The number of halogens is 1. The lowest BCUT2D eigenvalue weighted by Gasteiger charge is -2.08. The van der Waals surface area contributed by atoms with Crippen molar-refractivity contribution in [3.63, 3.8) is 0 Å². The molecule has 1 heterocycles. The minimum absolute atomic E-state index is 0.0305. The number of aryl methyl sites for hydroxylation is 1. The first-order valence-electron chi connectivity index (χ1n) is 8.66. The number of para-hydroxylation sites is 1. The third kappa shape index (κ3) is 5.96. The maximum Gasteiger partial charge on any atom is 0.248 e. The molecule has 1 aromatic heterocycles. The van der Waals surface area contributed by atoms with Crippen molar-refractivity contribution in [3.8, 4) is 5.75 Å². The van der Waals surface area contributed by atoms with Crippen LogP contribution in [0.2, 0.25) is 0 Å². The van der Waals surface area contributed by atoms with Crippen molar-refractivity contribution in [1.29, 1.82) is 0 Å². The smallest absolute Gasteiger partial charge is 0.248 e. The van der Waals surface area contributed by atoms with Crippen molar-refractivity contribution < 1.29 is 22.3 Å². The van der Waals surface area contributed by atoms with E-state index in [1.807, 2.05) is 12.3 Å². The average Bonchev–Trinajstić information content (AvgIpc) is 3.09. The average molecular weight is 448 g/mol. The Kier molecular flexibility index (Phi) is 6.60. The second kappa shape index (κ2) is 9.16. The van der Waals surface area contributed by atoms with E-state index < -0.39 is 26.6 Å². The van der Waals surface area contributed by atoms with Gasteiger partial charge < -0.3 is 10.1 Å². The minimum atomic E-state index is -4.10. The molecule has 156 valence electrons. The number of nitrogens with zero attached hydrogens (tertiary/aromatic N) is 1. The highest BCUT2D eigenvalue weighted by Gasteiger charge is 2.12. The van der Waals surface area contributed by atoms with Gasteiger partial charge in [-0.1, -0.05) is 18.2 Å². The minimum Gasteiger partial charge on any atom is -0.487 e. The van der Waals surface area contributed by atoms with Crippen molar-refractivity contribution in [2.24, 2.45) is 5.14 Å².